The van der Waals surface area contributed by atoms with E-state index >= 15 is 0 Å². The Bertz CT molecular complexity index is 669. The number of urea groups is 1. The van der Waals surface area contributed by atoms with E-state index in [-0.39, 0.29) is 11.9 Å². The second kappa shape index (κ2) is 7.89. The topological polar surface area (TPSA) is 77.6 Å². The van der Waals surface area contributed by atoms with Crippen molar-refractivity contribution in [2.75, 3.05) is 43.4 Å². The van der Waals surface area contributed by atoms with Crippen molar-refractivity contribution in [3.63, 3.8) is 0 Å². The van der Waals surface area contributed by atoms with Gasteiger partial charge in [0.1, 0.15) is 0 Å². The Balaban J connectivity index is 1.41. The maximum Gasteiger partial charge on any atom is 0.323 e. The first-order valence-corrected chi connectivity index (χ1v) is 8.61. The number of thiazole rings is 1. The lowest BCUT2D eigenvalue weighted by Crippen LogP contribution is -2.51. The number of nitrogens with zero attached hydrogens (tertiary/aromatic N) is 3. The molecule has 1 aromatic heterocycles. The predicted molar refractivity (Wildman–Crippen MR) is 94.2 cm³/mol. The highest BCUT2D eigenvalue weighted by molar-refractivity contribution is 7.13. The van der Waals surface area contributed by atoms with Crippen molar-refractivity contribution in [3.05, 3.63) is 41.9 Å². The summed E-state index contributed by atoms with van der Waals surface area (Å²) < 4.78 is 0. The summed E-state index contributed by atoms with van der Waals surface area (Å²) in [6.07, 6.45) is 1.66. The zero-order valence-electron chi connectivity index (χ0n) is 13.1. The zero-order chi connectivity index (χ0) is 16.8. The number of amides is 3. The molecule has 7 nitrogen and oxygen atoms in total. The second-order valence-corrected chi connectivity index (χ2v) is 6.34. The van der Waals surface area contributed by atoms with Crippen LogP contribution in [0.15, 0.2) is 41.9 Å². The monoisotopic (exact) mass is 345 g/mol. The fourth-order valence-corrected chi connectivity index (χ4v) is 3.01. The van der Waals surface area contributed by atoms with Crippen LogP contribution in [-0.4, -0.2) is 59.4 Å². The number of carbonyl (C=O) groups excluding carboxylic acids is 2. The Morgan fingerprint density at radius 3 is 2.50 bits per heavy atom. The summed E-state index contributed by atoms with van der Waals surface area (Å²) in [4.78, 5) is 32.0. The molecule has 1 aliphatic rings. The van der Waals surface area contributed by atoms with Crippen molar-refractivity contribution < 1.29 is 9.59 Å². The first kappa shape index (κ1) is 16.4. The molecule has 0 saturated carbocycles. The second-order valence-electron chi connectivity index (χ2n) is 5.44. The van der Waals surface area contributed by atoms with E-state index in [4.69, 9.17) is 0 Å². The standard InChI is InChI=1S/C16H19N5O2S/c22-14(18-13-4-2-1-3-5-13)12-20-7-9-21(10-8-20)16(23)19-15-17-6-11-24-15/h1-6,11H,7-10,12H2,(H,18,22)(H,17,19,23). The maximum absolute atomic E-state index is 12.1. The summed E-state index contributed by atoms with van der Waals surface area (Å²) in [6, 6.07) is 9.26. The lowest BCUT2D eigenvalue weighted by molar-refractivity contribution is -0.117. The van der Waals surface area contributed by atoms with Crippen LogP contribution in [0.5, 0.6) is 0 Å². The molecule has 0 radical (unpaired) electrons. The molecule has 1 saturated heterocycles. The van der Waals surface area contributed by atoms with E-state index in [0.717, 1.165) is 5.69 Å². The van der Waals surface area contributed by atoms with Crippen molar-refractivity contribution >= 4 is 34.1 Å². The highest BCUT2D eigenvalue weighted by Gasteiger charge is 2.22. The first-order valence-electron chi connectivity index (χ1n) is 7.73. The van der Waals surface area contributed by atoms with Gasteiger partial charge in [-0.25, -0.2) is 9.78 Å². The van der Waals surface area contributed by atoms with E-state index in [0.29, 0.717) is 37.9 Å². The quantitative estimate of drug-likeness (QED) is 0.888. The number of piperazine rings is 1. The van der Waals surface area contributed by atoms with Crippen LogP contribution in [0, 0.1) is 0 Å². The molecule has 1 aliphatic heterocycles. The van der Waals surface area contributed by atoms with E-state index < -0.39 is 0 Å². The number of para-hydroxylation sites is 1. The molecule has 1 fully saturated rings. The molecule has 3 rings (SSSR count). The Kier molecular flexibility index (Phi) is 5.39. The highest BCUT2D eigenvalue weighted by Crippen LogP contribution is 2.12. The van der Waals surface area contributed by atoms with Gasteiger partial charge in [-0.1, -0.05) is 18.2 Å². The maximum atomic E-state index is 12.1. The van der Waals surface area contributed by atoms with Gasteiger partial charge in [0.15, 0.2) is 5.13 Å². The fourth-order valence-electron chi connectivity index (χ4n) is 2.49. The van der Waals surface area contributed by atoms with Crippen molar-refractivity contribution in [2.45, 2.75) is 0 Å². The number of rotatable bonds is 4. The van der Waals surface area contributed by atoms with Gasteiger partial charge in [0.05, 0.1) is 6.54 Å². The van der Waals surface area contributed by atoms with Gasteiger partial charge >= 0.3 is 6.03 Å². The molecule has 0 aliphatic carbocycles. The predicted octanol–water partition coefficient (Wildman–Crippen LogP) is 1.93. The summed E-state index contributed by atoms with van der Waals surface area (Å²) in [7, 11) is 0. The average Bonchev–Trinajstić information content (AvgIpc) is 3.09. The third-order valence-electron chi connectivity index (χ3n) is 3.73. The molecule has 8 heteroatoms. The lowest BCUT2D eigenvalue weighted by atomic mass is 10.3. The number of hydrogen-bond acceptors (Lipinski definition) is 5. The molecule has 0 atom stereocenters. The molecule has 3 amide bonds. The van der Waals surface area contributed by atoms with Crippen LogP contribution in [0.1, 0.15) is 0 Å². The summed E-state index contributed by atoms with van der Waals surface area (Å²) in [5.74, 6) is -0.0399. The Hall–Kier alpha value is -2.45. The third-order valence-corrected chi connectivity index (χ3v) is 4.42. The lowest BCUT2D eigenvalue weighted by Gasteiger charge is -2.34. The van der Waals surface area contributed by atoms with Crippen LogP contribution in [0.2, 0.25) is 0 Å². The van der Waals surface area contributed by atoms with Gasteiger partial charge in [-0.05, 0) is 12.1 Å². The first-order chi connectivity index (χ1) is 11.7. The van der Waals surface area contributed by atoms with Crippen LogP contribution in [0.3, 0.4) is 0 Å². The van der Waals surface area contributed by atoms with Gasteiger partial charge in [-0.3, -0.25) is 15.0 Å². The Morgan fingerprint density at radius 2 is 1.83 bits per heavy atom. The normalized spacial score (nSPS) is 15.1. The van der Waals surface area contributed by atoms with Crippen LogP contribution in [-0.2, 0) is 4.79 Å². The largest absolute Gasteiger partial charge is 0.325 e. The number of anilines is 2. The minimum Gasteiger partial charge on any atom is -0.325 e. The molecule has 2 aromatic rings. The molecule has 0 unspecified atom stereocenters. The molecule has 24 heavy (non-hydrogen) atoms. The summed E-state index contributed by atoms with van der Waals surface area (Å²) >= 11 is 1.39. The smallest absolute Gasteiger partial charge is 0.323 e. The van der Waals surface area contributed by atoms with E-state index in [1.165, 1.54) is 11.3 Å². The number of carbonyl (C=O) groups is 2. The van der Waals surface area contributed by atoms with E-state index in [1.807, 2.05) is 40.6 Å². The average molecular weight is 345 g/mol. The van der Waals surface area contributed by atoms with E-state index in [9.17, 15) is 9.59 Å². The molecular weight excluding hydrogens is 326 g/mol. The summed E-state index contributed by atoms with van der Waals surface area (Å²) in [6.45, 7) is 2.86. The molecular formula is C16H19N5O2S. The molecule has 0 spiro atoms. The number of aromatic nitrogens is 1. The van der Waals surface area contributed by atoms with Crippen molar-refractivity contribution in [1.29, 1.82) is 0 Å². The fraction of sp³-hybridized carbons (Fsp3) is 0.312. The van der Waals surface area contributed by atoms with Gasteiger partial charge in [-0.2, -0.15) is 0 Å². The minimum atomic E-state index is -0.140. The van der Waals surface area contributed by atoms with Gasteiger partial charge in [0, 0.05) is 43.4 Å². The van der Waals surface area contributed by atoms with Crippen LogP contribution in [0.4, 0.5) is 15.6 Å². The molecule has 126 valence electrons. The van der Waals surface area contributed by atoms with Crippen LogP contribution >= 0.6 is 11.3 Å². The number of hydrogen-bond donors (Lipinski definition) is 2. The summed E-state index contributed by atoms with van der Waals surface area (Å²) in [5, 5.41) is 8.07. The molecule has 0 bridgehead atoms. The molecule has 2 heterocycles. The van der Waals surface area contributed by atoms with Gasteiger partial charge in [0.25, 0.3) is 0 Å². The summed E-state index contributed by atoms with van der Waals surface area (Å²) in [5.41, 5.74) is 0.795. The molecule has 1 aromatic carbocycles. The SMILES string of the molecule is O=C(CN1CCN(C(=O)Nc2nccs2)CC1)Nc1ccccc1. The van der Waals surface area contributed by atoms with Crippen molar-refractivity contribution in [3.8, 4) is 0 Å². The van der Waals surface area contributed by atoms with Crippen molar-refractivity contribution in [2.24, 2.45) is 0 Å². The highest BCUT2D eigenvalue weighted by atomic mass is 32.1. The minimum absolute atomic E-state index is 0.0399. The van der Waals surface area contributed by atoms with Crippen LogP contribution in [0.25, 0.3) is 0 Å². The van der Waals surface area contributed by atoms with Gasteiger partial charge in [0.2, 0.25) is 5.91 Å². The number of nitrogens with one attached hydrogen (secondary N) is 2. The van der Waals surface area contributed by atoms with Crippen LogP contribution < -0.4 is 10.6 Å². The Labute approximate surface area is 144 Å². The van der Waals surface area contributed by atoms with Gasteiger partial charge in [-0.15, -0.1) is 11.3 Å². The third kappa shape index (κ3) is 4.53. The van der Waals surface area contributed by atoms with Crippen molar-refractivity contribution in [1.82, 2.24) is 14.8 Å². The Morgan fingerprint density at radius 1 is 1.08 bits per heavy atom. The van der Waals surface area contributed by atoms with Gasteiger partial charge < -0.3 is 10.2 Å². The van der Waals surface area contributed by atoms with E-state index in [1.54, 1.807) is 11.1 Å². The zero-order valence-corrected chi connectivity index (χ0v) is 14.0. The van der Waals surface area contributed by atoms with E-state index in [2.05, 4.69) is 15.6 Å². The number of benzene rings is 1. The molecule has 2 N–H and O–H groups in total.